The summed E-state index contributed by atoms with van der Waals surface area (Å²) in [6.45, 7) is 1.90. The van der Waals surface area contributed by atoms with Crippen molar-refractivity contribution in [1.82, 2.24) is 9.97 Å². The van der Waals surface area contributed by atoms with E-state index in [1.54, 1.807) is 13.0 Å². The Morgan fingerprint density at radius 2 is 2.37 bits per heavy atom. The standard InChI is InChI=1S/C13H13N3O3/c1-2-19-12(17)13(18)5-6-14-8-3-4-9-11(10(8)13)16-7-15-9/h3-7,14,18H,2H2,1H3,(H,15,16). The van der Waals surface area contributed by atoms with Gasteiger partial charge in [-0.3, -0.25) is 0 Å². The Hall–Kier alpha value is -2.34. The predicted molar refractivity (Wildman–Crippen MR) is 69.4 cm³/mol. The largest absolute Gasteiger partial charge is 0.463 e. The van der Waals surface area contributed by atoms with Crippen molar-refractivity contribution in [3.8, 4) is 0 Å². The normalized spacial score (nSPS) is 20.9. The summed E-state index contributed by atoms with van der Waals surface area (Å²) in [5, 5.41) is 13.7. The van der Waals surface area contributed by atoms with Crippen molar-refractivity contribution in [1.29, 1.82) is 0 Å². The molecule has 1 aromatic carbocycles. The molecule has 1 aliphatic heterocycles. The molecule has 2 aromatic rings. The molecular formula is C13H13N3O3. The third-order valence-electron chi connectivity index (χ3n) is 3.13. The monoisotopic (exact) mass is 259 g/mol. The Labute approximate surface area is 109 Å². The predicted octanol–water partition coefficient (Wildman–Crippen LogP) is 1.25. The number of aromatic nitrogens is 2. The summed E-state index contributed by atoms with van der Waals surface area (Å²) >= 11 is 0. The second-order valence-electron chi connectivity index (χ2n) is 4.25. The Bertz CT molecular complexity index is 677. The quantitative estimate of drug-likeness (QED) is 0.706. The van der Waals surface area contributed by atoms with Crippen LogP contribution in [-0.2, 0) is 15.1 Å². The molecule has 0 fully saturated rings. The molecule has 6 nitrogen and oxygen atoms in total. The number of aromatic amines is 1. The number of nitrogens with one attached hydrogen (secondary N) is 2. The zero-order valence-corrected chi connectivity index (χ0v) is 10.3. The van der Waals surface area contributed by atoms with E-state index < -0.39 is 11.6 Å². The van der Waals surface area contributed by atoms with Crippen LogP contribution in [0.4, 0.5) is 5.69 Å². The molecule has 98 valence electrons. The van der Waals surface area contributed by atoms with Crippen molar-refractivity contribution < 1.29 is 14.6 Å². The molecule has 0 saturated heterocycles. The lowest BCUT2D eigenvalue weighted by Gasteiger charge is -2.28. The fraction of sp³-hybridized carbons (Fsp3) is 0.231. The molecule has 6 heteroatoms. The Kier molecular flexibility index (Phi) is 2.53. The number of carbonyl (C=O) groups is 1. The van der Waals surface area contributed by atoms with E-state index in [-0.39, 0.29) is 6.61 Å². The van der Waals surface area contributed by atoms with Gasteiger partial charge in [0.05, 0.1) is 24.0 Å². The van der Waals surface area contributed by atoms with Gasteiger partial charge < -0.3 is 20.1 Å². The van der Waals surface area contributed by atoms with Crippen LogP contribution in [-0.4, -0.2) is 27.7 Å². The zero-order chi connectivity index (χ0) is 13.5. The van der Waals surface area contributed by atoms with Crippen LogP contribution in [0.15, 0.2) is 30.7 Å². The lowest BCUT2D eigenvalue weighted by Crippen LogP contribution is -2.38. The number of ether oxygens (including phenoxy) is 1. The highest BCUT2D eigenvalue weighted by Crippen LogP contribution is 2.38. The van der Waals surface area contributed by atoms with Gasteiger partial charge in [-0.2, -0.15) is 0 Å². The van der Waals surface area contributed by atoms with Gasteiger partial charge in [0, 0.05) is 17.5 Å². The van der Waals surface area contributed by atoms with E-state index in [4.69, 9.17) is 4.74 Å². The molecule has 0 radical (unpaired) electrons. The van der Waals surface area contributed by atoms with Crippen LogP contribution in [0.5, 0.6) is 0 Å². The molecule has 0 amide bonds. The molecule has 3 N–H and O–H groups in total. The molecule has 2 heterocycles. The first kappa shape index (κ1) is 11.7. The van der Waals surface area contributed by atoms with Gasteiger partial charge in [-0.05, 0) is 25.1 Å². The Morgan fingerprint density at radius 3 is 3.16 bits per heavy atom. The molecule has 1 atom stereocenters. The summed E-state index contributed by atoms with van der Waals surface area (Å²) in [5.41, 5.74) is 0.574. The van der Waals surface area contributed by atoms with Crippen molar-refractivity contribution in [2.45, 2.75) is 12.5 Å². The summed E-state index contributed by atoms with van der Waals surface area (Å²) in [4.78, 5) is 19.1. The average Bonchev–Trinajstić information content (AvgIpc) is 2.87. The molecule has 0 bridgehead atoms. The minimum absolute atomic E-state index is 0.205. The van der Waals surface area contributed by atoms with E-state index in [0.717, 1.165) is 0 Å². The minimum atomic E-state index is -1.80. The van der Waals surface area contributed by atoms with Crippen LogP contribution in [0.3, 0.4) is 0 Å². The second-order valence-corrected chi connectivity index (χ2v) is 4.25. The van der Waals surface area contributed by atoms with Gasteiger partial charge >= 0.3 is 5.97 Å². The molecule has 1 unspecified atom stereocenters. The molecular weight excluding hydrogens is 246 g/mol. The molecule has 19 heavy (non-hydrogen) atoms. The van der Waals surface area contributed by atoms with Crippen LogP contribution in [0.2, 0.25) is 0 Å². The lowest BCUT2D eigenvalue weighted by atomic mass is 9.89. The van der Waals surface area contributed by atoms with E-state index in [0.29, 0.717) is 22.3 Å². The first-order valence-electron chi connectivity index (χ1n) is 5.97. The number of hydrogen-bond donors (Lipinski definition) is 3. The number of nitrogens with zero attached hydrogens (tertiary/aromatic N) is 1. The molecule has 1 aromatic heterocycles. The van der Waals surface area contributed by atoms with Gasteiger partial charge in [0.25, 0.3) is 0 Å². The molecule has 0 aliphatic carbocycles. The molecule has 1 aliphatic rings. The highest BCUT2D eigenvalue weighted by atomic mass is 16.5. The maximum absolute atomic E-state index is 12.1. The molecule has 0 spiro atoms. The lowest BCUT2D eigenvalue weighted by molar-refractivity contribution is -0.160. The van der Waals surface area contributed by atoms with E-state index >= 15 is 0 Å². The third-order valence-corrected chi connectivity index (χ3v) is 3.13. The number of fused-ring (bicyclic) bond motifs is 3. The molecule has 0 saturated carbocycles. The van der Waals surface area contributed by atoms with Crippen LogP contribution in [0, 0.1) is 0 Å². The Morgan fingerprint density at radius 1 is 1.53 bits per heavy atom. The number of imidazole rings is 1. The van der Waals surface area contributed by atoms with Gasteiger partial charge in [0.2, 0.25) is 5.60 Å². The average molecular weight is 259 g/mol. The number of hydrogen-bond acceptors (Lipinski definition) is 5. The van der Waals surface area contributed by atoms with E-state index in [1.807, 2.05) is 6.07 Å². The maximum atomic E-state index is 12.1. The number of esters is 1. The third kappa shape index (κ3) is 1.61. The van der Waals surface area contributed by atoms with Crippen molar-refractivity contribution in [2.24, 2.45) is 0 Å². The summed E-state index contributed by atoms with van der Waals surface area (Å²) < 4.78 is 4.96. The van der Waals surface area contributed by atoms with Crippen LogP contribution in [0.25, 0.3) is 11.0 Å². The first-order chi connectivity index (χ1) is 9.16. The maximum Gasteiger partial charge on any atom is 0.347 e. The zero-order valence-electron chi connectivity index (χ0n) is 10.3. The number of aliphatic hydroxyl groups is 1. The smallest absolute Gasteiger partial charge is 0.347 e. The van der Waals surface area contributed by atoms with Crippen LogP contribution in [0.1, 0.15) is 12.5 Å². The number of H-pyrrole nitrogens is 1. The van der Waals surface area contributed by atoms with Gasteiger partial charge in [-0.25, -0.2) is 9.78 Å². The fourth-order valence-corrected chi connectivity index (χ4v) is 2.27. The van der Waals surface area contributed by atoms with Crippen molar-refractivity contribution in [3.63, 3.8) is 0 Å². The highest BCUT2D eigenvalue weighted by molar-refractivity contribution is 5.96. The SMILES string of the molecule is CCOC(=O)C1(O)C=CNc2ccc3nc[nH]c3c21. The van der Waals surface area contributed by atoms with Crippen molar-refractivity contribution in [2.75, 3.05) is 11.9 Å². The molecule has 3 rings (SSSR count). The van der Waals surface area contributed by atoms with Crippen LogP contribution < -0.4 is 5.32 Å². The van der Waals surface area contributed by atoms with Crippen molar-refractivity contribution >= 4 is 22.7 Å². The number of benzene rings is 1. The van der Waals surface area contributed by atoms with Gasteiger partial charge in [-0.15, -0.1) is 0 Å². The van der Waals surface area contributed by atoms with Crippen molar-refractivity contribution in [3.05, 3.63) is 36.3 Å². The van der Waals surface area contributed by atoms with E-state index in [2.05, 4.69) is 15.3 Å². The fourth-order valence-electron chi connectivity index (χ4n) is 2.27. The Balaban J connectivity index is 2.25. The minimum Gasteiger partial charge on any atom is -0.463 e. The topological polar surface area (TPSA) is 87.2 Å². The second kappa shape index (κ2) is 4.10. The van der Waals surface area contributed by atoms with Gasteiger partial charge in [0.1, 0.15) is 0 Å². The van der Waals surface area contributed by atoms with Gasteiger partial charge in [0.15, 0.2) is 0 Å². The number of rotatable bonds is 2. The highest BCUT2D eigenvalue weighted by Gasteiger charge is 2.42. The van der Waals surface area contributed by atoms with E-state index in [1.165, 1.54) is 18.6 Å². The number of anilines is 1. The first-order valence-corrected chi connectivity index (χ1v) is 5.97. The van der Waals surface area contributed by atoms with E-state index in [9.17, 15) is 9.90 Å². The summed E-state index contributed by atoms with van der Waals surface area (Å²) in [6, 6.07) is 3.58. The number of carbonyl (C=O) groups excluding carboxylic acids is 1. The van der Waals surface area contributed by atoms with Crippen LogP contribution >= 0.6 is 0 Å². The summed E-state index contributed by atoms with van der Waals surface area (Å²) in [5.74, 6) is -0.698. The summed E-state index contributed by atoms with van der Waals surface area (Å²) in [7, 11) is 0. The van der Waals surface area contributed by atoms with Gasteiger partial charge in [-0.1, -0.05) is 0 Å². The summed E-state index contributed by atoms with van der Waals surface area (Å²) in [6.07, 6.45) is 4.43.